The normalized spacial score (nSPS) is 14.0. The number of aryl methyl sites for hydroxylation is 1. The van der Waals surface area contributed by atoms with Crippen LogP contribution in [0.5, 0.6) is 0 Å². The number of nitrogens with zero attached hydrogens (tertiary/aromatic N) is 2. The zero-order valence-corrected chi connectivity index (χ0v) is 18.9. The van der Waals surface area contributed by atoms with E-state index in [1.54, 1.807) is 6.07 Å². The van der Waals surface area contributed by atoms with Gasteiger partial charge in [-0.1, -0.05) is 29.3 Å². The number of carbonyl (C=O) groups excluding carboxylic acids is 2. The van der Waals surface area contributed by atoms with E-state index in [9.17, 15) is 9.59 Å². The van der Waals surface area contributed by atoms with Crippen molar-refractivity contribution in [1.29, 1.82) is 0 Å². The summed E-state index contributed by atoms with van der Waals surface area (Å²) in [6, 6.07) is 5.14. The van der Waals surface area contributed by atoms with Crippen LogP contribution in [0.15, 0.2) is 23.2 Å². The van der Waals surface area contributed by atoms with Gasteiger partial charge in [-0.05, 0) is 37.5 Å². The molecular weight excluding hydrogens is 504 g/mol. The van der Waals surface area contributed by atoms with E-state index in [-0.39, 0.29) is 42.5 Å². The van der Waals surface area contributed by atoms with Crippen molar-refractivity contribution < 1.29 is 9.59 Å². The fraction of sp³-hybridized carbons (Fsp3) is 0.471. The van der Waals surface area contributed by atoms with E-state index >= 15 is 0 Å². The smallest absolute Gasteiger partial charge is 0.324 e. The summed E-state index contributed by atoms with van der Waals surface area (Å²) >= 11 is 12.1. The zero-order chi connectivity index (χ0) is 18.9. The molecule has 2 rings (SSSR count). The quantitative estimate of drug-likeness (QED) is 0.159. The number of rotatable bonds is 8. The maximum atomic E-state index is 11.5. The minimum Gasteiger partial charge on any atom is -0.357 e. The molecule has 0 spiro atoms. The Morgan fingerprint density at radius 1 is 1.30 bits per heavy atom. The van der Waals surface area contributed by atoms with Gasteiger partial charge in [0.15, 0.2) is 5.96 Å². The molecule has 10 heteroatoms. The molecule has 1 aliphatic rings. The van der Waals surface area contributed by atoms with E-state index in [1.807, 2.05) is 19.1 Å². The number of hydrogen-bond acceptors (Lipinski definition) is 3. The first kappa shape index (κ1) is 23.8. The monoisotopic (exact) mass is 527 g/mol. The maximum absolute atomic E-state index is 11.5. The van der Waals surface area contributed by atoms with Crippen molar-refractivity contribution in [3.05, 3.63) is 33.8 Å². The summed E-state index contributed by atoms with van der Waals surface area (Å²) in [4.78, 5) is 28.7. The lowest BCUT2D eigenvalue weighted by Crippen LogP contribution is -2.43. The number of halogens is 3. The molecule has 0 radical (unpaired) electrons. The molecule has 1 aromatic carbocycles. The van der Waals surface area contributed by atoms with Crippen LogP contribution >= 0.6 is 47.2 Å². The van der Waals surface area contributed by atoms with E-state index in [0.29, 0.717) is 35.6 Å². The number of nitrogens with one attached hydrogen (secondary N) is 3. The summed E-state index contributed by atoms with van der Waals surface area (Å²) in [5, 5.41) is 10.1. The van der Waals surface area contributed by atoms with Crippen LogP contribution in [0.1, 0.15) is 18.9 Å². The number of aliphatic imine (C=N–C) groups is 1. The van der Waals surface area contributed by atoms with Gasteiger partial charge in [-0.25, -0.2) is 4.79 Å². The predicted molar refractivity (Wildman–Crippen MR) is 119 cm³/mol. The van der Waals surface area contributed by atoms with Gasteiger partial charge in [-0.3, -0.25) is 14.7 Å². The summed E-state index contributed by atoms with van der Waals surface area (Å²) in [5.74, 6) is 0.445. The van der Waals surface area contributed by atoms with Crippen LogP contribution in [0.25, 0.3) is 0 Å². The molecule has 0 bridgehead atoms. The molecule has 0 saturated carbocycles. The Hall–Kier alpha value is -1.26. The van der Waals surface area contributed by atoms with Crippen molar-refractivity contribution in [1.82, 2.24) is 20.9 Å². The fourth-order valence-electron chi connectivity index (χ4n) is 2.49. The van der Waals surface area contributed by atoms with E-state index in [4.69, 9.17) is 23.2 Å². The molecule has 0 unspecified atom stereocenters. The molecule has 1 aromatic rings. The highest BCUT2D eigenvalue weighted by molar-refractivity contribution is 14.0. The first-order valence-corrected chi connectivity index (χ1v) is 9.31. The van der Waals surface area contributed by atoms with Crippen LogP contribution in [0.3, 0.4) is 0 Å². The van der Waals surface area contributed by atoms with Crippen LogP contribution < -0.4 is 16.0 Å². The standard InChI is InChI=1S/C17H23Cl2N5O2.HI/c1-2-20-16(22-8-9-24-15(25)11-23-17(24)26)21-7-3-4-12-5-6-13(18)10-14(12)19;/h5-6,10H,2-4,7-9,11H2,1H3,(H,23,26)(H2,20,21,22);1H. The van der Waals surface area contributed by atoms with Gasteiger partial charge in [-0.2, -0.15) is 0 Å². The first-order chi connectivity index (χ1) is 12.5. The van der Waals surface area contributed by atoms with Gasteiger partial charge >= 0.3 is 6.03 Å². The van der Waals surface area contributed by atoms with Crippen molar-refractivity contribution in [2.24, 2.45) is 4.99 Å². The van der Waals surface area contributed by atoms with Gasteiger partial charge in [0.05, 0.1) is 6.54 Å². The van der Waals surface area contributed by atoms with Crippen LogP contribution in [0.2, 0.25) is 10.0 Å². The summed E-state index contributed by atoms with van der Waals surface area (Å²) in [6.45, 7) is 4.13. The second kappa shape index (κ2) is 12.2. The lowest BCUT2D eigenvalue weighted by Gasteiger charge is -2.15. The number of benzene rings is 1. The molecular formula is C17H24Cl2IN5O2. The van der Waals surface area contributed by atoms with Gasteiger partial charge < -0.3 is 16.0 Å². The first-order valence-electron chi connectivity index (χ1n) is 8.55. The largest absolute Gasteiger partial charge is 0.357 e. The molecule has 3 N–H and O–H groups in total. The van der Waals surface area contributed by atoms with Gasteiger partial charge in [0, 0.05) is 36.2 Å². The lowest BCUT2D eigenvalue weighted by atomic mass is 10.1. The number of carbonyl (C=O) groups is 2. The van der Waals surface area contributed by atoms with Crippen molar-refractivity contribution in [3.63, 3.8) is 0 Å². The van der Waals surface area contributed by atoms with Crippen LogP contribution in [0.4, 0.5) is 4.79 Å². The summed E-state index contributed by atoms with van der Waals surface area (Å²) in [6.07, 6.45) is 1.65. The zero-order valence-electron chi connectivity index (χ0n) is 15.1. The summed E-state index contributed by atoms with van der Waals surface area (Å²) < 4.78 is 0. The van der Waals surface area contributed by atoms with E-state index in [1.165, 1.54) is 4.90 Å². The van der Waals surface area contributed by atoms with Crippen molar-refractivity contribution in [2.45, 2.75) is 19.8 Å². The Labute approximate surface area is 186 Å². The molecule has 0 aromatic heterocycles. The van der Waals surface area contributed by atoms with Gasteiger partial charge in [0.1, 0.15) is 0 Å². The molecule has 1 heterocycles. The highest BCUT2D eigenvalue weighted by atomic mass is 127. The van der Waals surface area contributed by atoms with Crippen LogP contribution in [-0.4, -0.2) is 55.5 Å². The van der Waals surface area contributed by atoms with Gasteiger partial charge in [0.2, 0.25) is 5.91 Å². The summed E-state index contributed by atoms with van der Waals surface area (Å²) in [7, 11) is 0. The van der Waals surface area contributed by atoms with Crippen molar-refractivity contribution >= 4 is 65.1 Å². The number of hydrogen-bond donors (Lipinski definition) is 3. The third-order valence-electron chi connectivity index (χ3n) is 3.80. The van der Waals surface area contributed by atoms with E-state index in [2.05, 4.69) is 20.9 Å². The van der Waals surface area contributed by atoms with Crippen LogP contribution in [-0.2, 0) is 11.2 Å². The van der Waals surface area contributed by atoms with Gasteiger partial charge in [-0.15, -0.1) is 24.0 Å². The molecule has 3 amide bonds. The topological polar surface area (TPSA) is 85.8 Å². The Morgan fingerprint density at radius 3 is 2.70 bits per heavy atom. The molecule has 27 heavy (non-hydrogen) atoms. The SMILES string of the molecule is CCNC(=NCCCc1ccc(Cl)cc1Cl)NCCN1C(=O)CNC1=O.I. The maximum Gasteiger partial charge on any atom is 0.324 e. The highest BCUT2D eigenvalue weighted by Crippen LogP contribution is 2.21. The fourth-order valence-corrected chi connectivity index (χ4v) is 3.00. The summed E-state index contributed by atoms with van der Waals surface area (Å²) in [5.41, 5.74) is 1.04. The molecule has 7 nitrogen and oxygen atoms in total. The molecule has 0 aliphatic carbocycles. The van der Waals surface area contributed by atoms with Crippen molar-refractivity contribution in [2.75, 3.05) is 32.7 Å². The predicted octanol–water partition coefficient (Wildman–Crippen LogP) is 2.65. The van der Waals surface area contributed by atoms with Crippen molar-refractivity contribution in [3.8, 4) is 0 Å². The number of amides is 3. The third-order valence-corrected chi connectivity index (χ3v) is 4.39. The average Bonchev–Trinajstić information content (AvgIpc) is 2.92. The Balaban J connectivity index is 0.00000364. The molecule has 150 valence electrons. The molecule has 1 fully saturated rings. The van der Waals surface area contributed by atoms with E-state index in [0.717, 1.165) is 24.9 Å². The Morgan fingerprint density at radius 2 is 2.07 bits per heavy atom. The third kappa shape index (κ3) is 7.71. The number of urea groups is 1. The second-order valence-corrected chi connectivity index (χ2v) is 6.57. The Kier molecular flexibility index (Phi) is 10.8. The molecule has 0 atom stereocenters. The minimum absolute atomic E-state index is 0. The van der Waals surface area contributed by atoms with Gasteiger partial charge in [0.25, 0.3) is 0 Å². The molecule has 1 saturated heterocycles. The van der Waals surface area contributed by atoms with E-state index < -0.39 is 0 Å². The molecule has 1 aliphatic heterocycles. The highest BCUT2D eigenvalue weighted by Gasteiger charge is 2.27. The lowest BCUT2D eigenvalue weighted by molar-refractivity contribution is -0.124. The number of guanidine groups is 1. The average molecular weight is 528 g/mol. The number of imide groups is 1. The minimum atomic E-state index is -0.349. The van der Waals surface area contributed by atoms with Crippen LogP contribution in [0, 0.1) is 0 Å². The Bertz CT molecular complexity index is 671. The second-order valence-electron chi connectivity index (χ2n) is 5.73.